The number of halogens is 1. The number of hydrogen-bond donors (Lipinski definition) is 2. The lowest BCUT2D eigenvalue weighted by Crippen LogP contribution is -2.49. The molecule has 0 bridgehead atoms. The van der Waals surface area contributed by atoms with E-state index in [-0.39, 0.29) is 24.0 Å². The monoisotopic (exact) mass is 528 g/mol. The largest absolute Gasteiger partial charge is 0.357 e. The van der Waals surface area contributed by atoms with Crippen LogP contribution in [0.3, 0.4) is 0 Å². The number of nitrogens with zero attached hydrogens (tertiary/aromatic N) is 4. The zero-order valence-corrected chi connectivity index (χ0v) is 20.8. The highest BCUT2D eigenvalue weighted by molar-refractivity contribution is 14.0. The van der Waals surface area contributed by atoms with Crippen LogP contribution in [0.5, 0.6) is 0 Å². The van der Waals surface area contributed by atoms with Crippen molar-refractivity contribution in [2.24, 2.45) is 4.99 Å². The van der Waals surface area contributed by atoms with Crippen molar-refractivity contribution in [3.05, 3.63) is 40.0 Å². The van der Waals surface area contributed by atoms with Gasteiger partial charge in [-0.2, -0.15) is 0 Å². The van der Waals surface area contributed by atoms with Crippen molar-refractivity contribution in [3.63, 3.8) is 0 Å². The number of aliphatic imine (C=N–C) groups is 1. The first-order chi connectivity index (χ1) is 13.7. The fourth-order valence-electron chi connectivity index (χ4n) is 3.30. The topological polar surface area (TPSA) is 65.4 Å². The van der Waals surface area contributed by atoms with Gasteiger partial charge in [-0.3, -0.25) is 4.99 Å². The Kier molecular flexibility index (Phi) is 10.1. The number of aromatic nitrogens is 2. The summed E-state index contributed by atoms with van der Waals surface area (Å²) in [6.07, 6.45) is 8.07. The van der Waals surface area contributed by atoms with Gasteiger partial charge in [0.2, 0.25) is 0 Å². The summed E-state index contributed by atoms with van der Waals surface area (Å²) in [6, 6.07) is 4.71. The van der Waals surface area contributed by atoms with Crippen LogP contribution in [0.2, 0.25) is 0 Å². The highest BCUT2D eigenvalue weighted by atomic mass is 127. The first kappa shape index (κ1) is 23.9. The Balaban J connectivity index is 0.00000300. The molecule has 160 valence electrons. The molecule has 1 aliphatic rings. The van der Waals surface area contributed by atoms with Gasteiger partial charge in [0.05, 0.1) is 5.01 Å². The number of thiazole rings is 1. The highest BCUT2D eigenvalue weighted by Crippen LogP contribution is 2.18. The molecule has 2 aromatic heterocycles. The summed E-state index contributed by atoms with van der Waals surface area (Å²) in [5, 5.41) is 8.17. The molecule has 0 radical (unpaired) electrons. The minimum atomic E-state index is 0. The van der Waals surface area contributed by atoms with E-state index in [1.165, 1.54) is 15.4 Å². The van der Waals surface area contributed by atoms with Crippen molar-refractivity contribution in [1.29, 1.82) is 0 Å². The molecule has 1 saturated heterocycles. The molecule has 6 nitrogen and oxygen atoms in total. The molecule has 0 unspecified atom stereocenters. The van der Waals surface area contributed by atoms with E-state index in [1.54, 1.807) is 11.3 Å². The van der Waals surface area contributed by atoms with Crippen LogP contribution in [0.1, 0.15) is 42.1 Å². The van der Waals surface area contributed by atoms with Gasteiger partial charge in [0.15, 0.2) is 5.96 Å². The second kappa shape index (κ2) is 12.3. The molecule has 1 fully saturated rings. The fourth-order valence-corrected chi connectivity index (χ4v) is 4.15. The van der Waals surface area contributed by atoms with Gasteiger partial charge in [-0.05, 0) is 44.7 Å². The number of piperidine rings is 1. The Morgan fingerprint density at radius 2 is 2.00 bits per heavy atom. The van der Waals surface area contributed by atoms with Crippen LogP contribution in [-0.4, -0.2) is 48.1 Å². The maximum atomic E-state index is 4.76. The first-order valence-corrected chi connectivity index (χ1v) is 11.2. The second-order valence-electron chi connectivity index (χ2n) is 7.18. The summed E-state index contributed by atoms with van der Waals surface area (Å²) in [6.45, 7) is 10.0. The molecule has 0 spiro atoms. The molecule has 29 heavy (non-hydrogen) atoms. The molecule has 3 rings (SSSR count). The van der Waals surface area contributed by atoms with Crippen molar-refractivity contribution in [2.75, 3.05) is 31.1 Å². The third kappa shape index (κ3) is 7.40. The zero-order valence-electron chi connectivity index (χ0n) is 17.6. The third-order valence-corrected chi connectivity index (χ3v) is 6.15. The lowest BCUT2D eigenvalue weighted by molar-refractivity contribution is 0.459. The maximum Gasteiger partial charge on any atom is 0.191 e. The number of anilines is 1. The lowest BCUT2D eigenvalue weighted by Gasteiger charge is -2.33. The summed E-state index contributed by atoms with van der Waals surface area (Å²) < 4.78 is 0. The molecule has 8 heteroatoms. The van der Waals surface area contributed by atoms with Gasteiger partial charge in [-0.1, -0.05) is 13.0 Å². The van der Waals surface area contributed by atoms with E-state index >= 15 is 0 Å². The van der Waals surface area contributed by atoms with E-state index in [0.29, 0.717) is 6.04 Å². The highest BCUT2D eigenvalue weighted by Gasteiger charge is 2.20. The van der Waals surface area contributed by atoms with Crippen LogP contribution in [-0.2, 0) is 12.8 Å². The third-order valence-electron chi connectivity index (χ3n) is 4.95. The number of guanidine groups is 1. The van der Waals surface area contributed by atoms with E-state index in [2.05, 4.69) is 58.4 Å². The Morgan fingerprint density at radius 3 is 2.62 bits per heavy atom. The standard InChI is InChI=1S/C21H32N6S.HI/c1-4-18-15-25-20(28-18)8-11-23-21(22-5-2)26-17-9-12-27(13-10-17)19-7-6-16(3)14-24-19;/h6-7,14-15,17H,4-5,8-13H2,1-3H3,(H2,22,23,26);1H. The molecule has 0 atom stereocenters. The molecule has 2 aromatic rings. The quantitative estimate of drug-likeness (QED) is 0.325. The minimum Gasteiger partial charge on any atom is -0.357 e. The maximum absolute atomic E-state index is 4.76. The van der Waals surface area contributed by atoms with E-state index in [4.69, 9.17) is 4.99 Å². The van der Waals surface area contributed by atoms with Crippen LogP contribution in [0, 0.1) is 6.92 Å². The van der Waals surface area contributed by atoms with Crippen molar-refractivity contribution in [2.45, 2.75) is 52.5 Å². The van der Waals surface area contributed by atoms with Crippen LogP contribution in [0.15, 0.2) is 29.5 Å². The molecule has 1 aliphatic heterocycles. The fraction of sp³-hybridized carbons (Fsp3) is 0.571. The summed E-state index contributed by atoms with van der Waals surface area (Å²) >= 11 is 1.80. The lowest BCUT2D eigenvalue weighted by atomic mass is 10.1. The number of aryl methyl sites for hydroxylation is 2. The molecule has 0 saturated carbocycles. The van der Waals surface area contributed by atoms with Crippen molar-refractivity contribution in [1.82, 2.24) is 20.6 Å². The second-order valence-corrected chi connectivity index (χ2v) is 8.38. The van der Waals surface area contributed by atoms with E-state index < -0.39 is 0 Å². The Hall–Kier alpha value is -1.42. The van der Waals surface area contributed by atoms with Gasteiger partial charge >= 0.3 is 0 Å². The molecule has 0 aliphatic carbocycles. The molecule has 0 amide bonds. The van der Waals surface area contributed by atoms with Crippen molar-refractivity contribution >= 4 is 47.1 Å². The smallest absolute Gasteiger partial charge is 0.191 e. The van der Waals surface area contributed by atoms with E-state index in [0.717, 1.165) is 63.6 Å². The SMILES string of the molecule is CCNC(=NCCc1ncc(CC)s1)NC1CCN(c2ccc(C)cn2)CC1.I. The minimum absolute atomic E-state index is 0. The predicted octanol–water partition coefficient (Wildman–Crippen LogP) is 3.79. The molecular formula is C21H33IN6S. The van der Waals surface area contributed by atoms with Gasteiger partial charge in [0.25, 0.3) is 0 Å². The summed E-state index contributed by atoms with van der Waals surface area (Å²) in [5.41, 5.74) is 1.20. The van der Waals surface area contributed by atoms with Gasteiger partial charge in [-0.15, -0.1) is 35.3 Å². The zero-order chi connectivity index (χ0) is 19.8. The summed E-state index contributed by atoms with van der Waals surface area (Å²) in [7, 11) is 0. The first-order valence-electron chi connectivity index (χ1n) is 10.3. The van der Waals surface area contributed by atoms with Crippen LogP contribution >= 0.6 is 35.3 Å². The van der Waals surface area contributed by atoms with Crippen LogP contribution in [0.4, 0.5) is 5.82 Å². The number of rotatable bonds is 7. The van der Waals surface area contributed by atoms with E-state index in [1.807, 2.05) is 12.4 Å². The predicted molar refractivity (Wildman–Crippen MR) is 134 cm³/mol. The Bertz CT molecular complexity index is 753. The number of hydrogen-bond acceptors (Lipinski definition) is 5. The Labute approximate surface area is 195 Å². The Morgan fingerprint density at radius 1 is 1.21 bits per heavy atom. The van der Waals surface area contributed by atoms with E-state index in [9.17, 15) is 0 Å². The van der Waals surface area contributed by atoms with Gasteiger partial charge in [0, 0.05) is 55.9 Å². The molecular weight excluding hydrogens is 495 g/mol. The van der Waals surface area contributed by atoms with Crippen LogP contribution < -0.4 is 15.5 Å². The van der Waals surface area contributed by atoms with Crippen molar-refractivity contribution < 1.29 is 0 Å². The summed E-state index contributed by atoms with van der Waals surface area (Å²) in [4.78, 5) is 17.5. The number of nitrogens with one attached hydrogen (secondary N) is 2. The average Bonchev–Trinajstić information content (AvgIpc) is 3.17. The van der Waals surface area contributed by atoms with Gasteiger partial charge in [0.1, 0.15) is 5.82 Å². The molecule has 2 N–H and O–H groups in total. The van der Waals surface area contributed by atoms with Gasteiger partial charge in [-0.25, -0.2) is 9.97 Å². The molecule has 0 aromatic carbocycles. The number of pyridine rings is 1. The van der Waals surface area contributed by atoms with Gasteiger partial charge < -0.3 is 15.5 Å². The van der Waals surface area contributed by atoms with Crippen LogP contribution in [0.25, 0.3) is 0 Å². The van der Waals surface area contributed by atoms with Crippen molar-refractivity contribution in [3.8, 4) is 0 Å². The molecule has 3 heterocycles. The summed E-state index contributed by atoms with van der Waals surface area (Å²) in [5.74, 6) is 2.00. The normalized spacial score (nSPS) is 15.1. The average molecular weight is 529 g/mol.